The number of nitrogens with zero attached hydrogens (tertiary/aromatic N) is 1. The molecule has 0 aliphatic carbocycles. The minimum atomic E-state index is -3.79. The monoisotopic (exact) mass is 283 g/mol. The maximum absolute atomic E-state index is 11.8. The zero-order valence-corrected chi connectivity index (χ0v) is 10.9. The van der Waals surface area contributed by atoms with Gasteiger partial charge in [-0.3, -0.25) is 4.79 Å². The summed E-state index contributed by atoms with van der Waals surface area (Å²) in [6, 6.07) is -0.981. The third kappa shape index (κ3) is 2.91. The standard InChI is InChI=1S/C7H10ClN3O3S2/c1-3(5(9)12)11-16(13,14)6-4(2)10-7(8)15-6/h3,11H,1-2H3,(H2,9,12). The lowest BCUT2D eigenvalue weighted by Gasteiger charge is -2.09. The molecule has 1 rings (SSSR count). The van der Waals surface area contributed by atoms with Crippen molar-refractivity contribution in [2.75, 3.05) is 0 Å². The van der Waals surface area contributed by atoms with Crippen molar-refractivity contribution >= 4 is 38.9 Å². The summed E-state index contributed by atoms with van der Waals surface area (Å²) < 4.78 is 25.8. The molecule has 0 spiro atoms. The molecule has 0 aromatic carbocycles. The van der Waals surface area contributed by atoms with Crippen LogP contribution in [0.2, 0.25) is 4.47 Å². The molecule has 1 aromatic rings. The van der Waals surface area contributed by atoms with Crippen LogP contribution in [-0.2, 0) is 14.8 Å². The SMILES string of the molecule is Cc1nc(Cl)sc1S(=O)(=O)NC(C)C(N)=O. The average Bonchev–Trinajstić information content (AvgIpc) is 2.45. The summed E-state index contributed by atoms with van der Waals surface area (Å²) in [5.74, 6) is -0.753. The van der Waals surface area contributed by atoms with Gasteiger partial charge in [0.2, 0.25) is 5.91 Å². The first kappa shape index (κ1) is 13.4. The molecular weight excluding hydrogens is 274 g/mol. The molecule has 1 atom stereocenters. The Morgan fingerprint density at radius 3 is 2.56 bits per heavy atom. The first-order valence-corrected chi connectivity index (χ1v) is 6.86. The number of nitrogens with one attached hydrogen (secondary N) is 1. The van der Waals surface area contributed by atoms with Gasteiger partial charge in [-0.2, -0.15) is 4.72 Å². The Labute approximate surface area is 102 Å². The van der Waals surface area contributed by atoms with E-state index >= 15 is 0 Å². The molecule has 3 N–H and O–H groups in total. The molecule has 90 valence electrons. The van der Waals surface area contributed by atoms with Crippen LogP contribution < -0.4 is 10.5 Å². The largest absolute Gasteiger partial charge is 0.368 e. The zero-order chi connectivity index (χ0) is 12.5. The Morgan fingerprint density at radius 2 is 2.19 bits per heavy atom. The van der Waals surface area contributed by atoms with Gasteiger partial charge in [-0.15, -0.1) is 0 Å². The van der Waals surface area contributed by atoms with Crippen LogP contribution in [0.4, 0.5) is 0 Å². The molecular formula is C7H10ClN3O3S2. The van der Waals surface area contributed by atoms with E-state index in [1.54, 1.807) is 0 Å². The van der Waals surface area contributed by atoms with Crippen molar-refractivity contribution in [2.24, 2.45) is 5.73 Å². The Bertz CT molecular complexity index is 511. The van der Waals surface area contributed by atoms with Gasteiger partial charge in [-0.25, -0.2) is 13.4 Å². The fraction of sp³-hybridized carbons (Fsp3) is 0.429. The van der Waals surface area contributed by atoms with Gasteiger partial charge >= 0.3 is 0 Å². The molecule has 16 heavy (non-hydrogen) atoms. The highest BCUT2D eigenvalue weighted by Crippen LogP contribution is 2.26. The third-order valence-electron chi connectivity index (χ3n) is 1.73. The summed E-state index contributed by atoms with van der Waals surface area (Å²) in [7, 11) is -3.79. The number of aromatic nitrogens is 1. The van der Waals surface area contributed by atoms with E-state index in [2.05, 4.69) is 9.71 Å². The molecule has 1 unspecified atom stereocenters. The minimum Gasteiger partial charge on any atom is -0.368 e. The predicted octanol–water partition coefficient (Wildman–Crippen LogP) is 0.257. The van der Waals surface area contributed by atoms with Crippen LogP contribution in [0.5, 0.6) is 0 Å². The topological polar surface area (TPSA) is 102 Å². The lowest BCUT2D eigenvalue weighted by Crippen LogP contribution is -2.42. The number of carbonyl (C=O) groups excluding carboxylic acids is 1. The van der Waals surface area contributed by atoms with E-state index in [4.69, 9.17) is 17.3 Å². The number of thiazole rings is 1. The van der Waals surface area contributed by atoms with Gasteiger partial charge in [-0.1, -0.05) is 22.9 Å². The number of rotatable bonds is 4. The third-order valence-corrected chi connectivity index (χ3v) is 5.14. The zero-order valence-electron chi connectivity index (χ0n) is 8.52. The molecule has 0 radical (unpaired) electrons. The first-order chi connectivity index (χ1) is 7.24. The number of halogens is 1. The van der Waals surface area contributed by atoms with Gasteiger partial charge in [0.05, 0.1) is 11.7 Å². The Hall–Kier alpha value is -0.700. The van der Waals surface area contributed by atoms with E-state index in [0.29, 0.717) is 5.69 Å². The minimum absolute atomic E-state index is 0.00870. The molecule has 6 nitrogen and oxygen atoms in total. The van der Waals surface area contributed by atoms with Crippen LogP contribution in [0.3, 0.4) is 0 Å². The van der Waals surface area contributed by atoms with Crippen molar-refractivity contribution in [1.29, 1.82) is 0 Å². The predicted molar refractivity (Wildman–Crippen MR) is 60.8 cm³/mol. The second-order valence-corrected chi connectivity index (χ2v) is 6.58. The summed E-state index contributed by atoms with van der Waals surface area (Å²) in [4.78, 5) is 14.5. The molecule has 0 bridgehead atoms. The van der Waals surface area contributed by atoms with Crippen molar-refractivity contribution in [2.45, 2.75) is 24.1 Å². The van der Waals surface area contributed by atoms with E-state index in [1.807, 2.05) is 0 Å². The van der Waals surface area contributed by atoms with Gasteiger partial charge in [0.15, 0.2) is 8.68 Å². The highest BCUT2D eigenvalue weighted by molar-refractivity contribution is 7.91. The smallest absolute Gasteiger partial charge is 0.252 e. The fourth-order valence-electron chi connectivity index (χ4n) is 0.944. The molecule has 0 aliphatic rings. The van der Waals surface area contributed by atoms with Crippen LogP contribution in [0.15, 0.2) is 4.21 Å². The van der Waals surface area contributed by atoms with Crippen LogP contribution >= 0.6 is 22.9 Å². The van der Waals surface area contributed by atoms with Crippen molar-refractivity contribution in [3.05, 3.63) is 10.2 Å². The van der Waals surface area contributed by atoms with Crippen LogP contribution in [0, 0.1) is 6.92 Å². The van der Waals surface area contributed by atoms with Gasteiger partial charge in [0, 0.05) is 0 Å². The number of hydrogen-bond acceptors (Lipinski definition) is 5. The van der Waals surface area contributed by atoms with E-state index in [0.717, 1.165) is 11.3 Å². The number of nitrogens with two attached hydrogens (primary N) is 1. The quantitative estimate of drug-likeness (QED) is 0.827. The van der Waals surface area contributed by atoms with Crippen molar-refractivity contribution in [3.63, 3.8) is 0 Å². The summed E-state index contributed by atoms with van der Waals surface area (Å²) in [5.41, 5.74) is 5.25. The summed E-state index contributed by atoms with van der Waals surface area (Å²) in [6.45, 7) is 2.88. The maximum atomic E-state index is 11.8. The van der Waals surface area contributed by atoms with Crippen LogP contribution in [-0.4, -0.2) is 25.4 Å². The van der Waals surface area contributed by atoms with Gasteiger partial charge in [0.25, 0.3) is 10.0 Å². The second-order valence-electron chi connectivity index (χ2n) is 3.09. The van der Waals surface area contributed by atoms with Crippen LogP contribution in [0.1, 0.15) is 12.6 Å². The van der Waals surface area contributed by atoms with Crippen molar-refractivity contribution < 1.29 is 13.2 Å². The Morgan fingerprint density at radius 1 is 1.62 bits per heavy atom. The molecule has 0 saturated carbocycles. The highest BCUT2D eigenvalue weighted by Gasteiger charge is 2.25. The molecule has 0 saturated heterocycles. The maximum Gasteiger partial charge on any atom is 0.252 e. The molecule has 1 heterocycles. The molecule has 0 fully saturated rings. The number of primary amides is 1. The normalized spacial score (nSPS) is 13.7. The van der Waals surface area contributed by atoms with Gasteiger partial charge < -0.3 is 5.73 Å². The number of sulfonamides is 1. The van der Waals surface area contributed by atoms with Crippen LogP contribution in [0.25, 0.3) is 0 Å². The number of aryl methyl sites for hydroxylation is 1. The van der Waals surface area contributed by atoms with E-state index < -0.39 is 22.0 Å². The number of amides is 1. The average molecular weight is 284 g/mol. The van der Waals surface area contributed by atoms with Crippen molar-refractivity contribution in [1.82, 2.24) is 9.71 Å². The molecule has 9 heteroatoms. The van der Waals surface area contributed by atoms with E-state index in [9.17, 15) is 13.2 Å². The lowest BCUT2D eigenvalue weighted by atomic mass is 10.4. The lowest BCUT2D eigenvalue weighted by molar-refractivity contribution is -0.119. The molecule has 1 amide bonds. The van der Waals surface area contributed by atoms with Gasteiger partial charge in [-0.05, 0) is 13.8 Å². The Balaban J connectivity index is 3.03. The number of hydrogen-bond donors (Lipinski definition) is 2. The summed E-state index contributed by atoms with van der Waals surface area (Å²) >= 11 is 6.42. The Kier molecular flexibility index (Phi) is 3.89. The fourth-order valence-corrected chi connectivity index (χ4v) is 3.91. The first-order valence-electron chi connectivity index (χ1n) is 4.18. The highest BCUT2D eigenvalue weighted by atomic mass is 35.5. The summed E-state index contributed by atoms with van der Waals surface area (Å²) in [5, 5.41) is 0. The second kappa shape index (κ2) is 4.66. The van der Waals surface area contributed by atoms with E-state index in [-0.39, 0.29) is 8.68 Å². The molecule has 0 aliphatic heterocycles. The van der Waals surface area contributed by atoms with Crippen molar-refractivity contribution in [3.8, 4) is 0 Å². The molecule has 1 aromatic heterocycles. The number of carbonyl (C=O) groups is 1. The summed E-state index contributed by atoms with van der Waals surface area (Å²) in [6.07, 6.45) is 0. The van der Waals surface area contributed by atoms with Gasteiger partial charge in [0.1, 0.15) is 0 Å². The van der Waals surface area contributed by atoms with E-state index in [1.165, 1.54) is 13.8 Å².